The van der Waals surface area contributed by atoms with Crippen LogP contribution in [-0.4, -0.2) is 66.3 Å². The molecule has 1 aromatic carbocycles. The Labute approximate surface area is 247 Å². The molecule has 42 heavy (non-hydrogen) atoms. The fourth-order valence-corrected chi connectivity index (χ4v) is 5.32. The molecule has 4 rings (SSSR count). The highest BCUT2D eigenvalue weighted by Crippen LogP contribution is 2.21. The molecule has 224 valence electrons. The van der Waals surface area contributed by atoms with E-state index in [0.29, 0.717) is 61.9 Å². The van der Waals surface area contributed by atoms with Gasteiger partial charge in [0.1, 0.15) is 11.9 Å². The number of fused-ring (bicyclic) bond motifs is 1. The number of hydrogen-bond donors (Lipinski definition) is 2. The summed E-state index contributed by atoms with van der Waals surface area (Å²) in [5.74, 6) is 0.707. The predicted octanol–water partition coefficient (Wildman–Crippen LogP) is 3.59. The van der Waals surface area contributed by atoms with Gasteiger partial charge in [0.25, 0.3) is 5.91 Å². The third-order valence-electron chi connectivity index (χ3n) is 7.44. The molecule has 0 saturated carbocycles. The minimum atomic E-state index is -0.674. The van der Waals surface area contributed by atoms with Crippen molar-refractivity contribution in [2.24, 2.45) is 5.92 Å². The lowest BCUT2D eigenvalue weighted by atomic mass is 10.0. The van der Waals surface area contributed by atoms with Crippen LogP contribution in [0.3, 0.4) is 0 Å². The van der Waals surface area contributed by atoms with Gasteiger partial charge in [-0.2, -0.15) is 10.2 Å². The number of aromatic nitrogens is 5. The smallest absolute Gasteiger partial charge is 0.257 e. The van der Waals surface area contributed by atoms with E-state index >= 15 is 0 Å². The van der Waals surface area contributed by atoms with Gasteiger partial charge in [0.05, 0.1) is 30.4 Å². The highest BCUT2D eigenvalue weighted by Gasteiger charge is 2.28. The molecule has 11 heteroatoms. The van der Waals surface area contributed by atoms with Gasteiger partial charge in [-0.1, -0.05) is 50.3 Å². The van der Waals surface area contributed by atoms with Gasteiger partial charge in [0.2, 0.25) is 11.8 Å². The molecule has 1 aliphatic rings. The van der Waals surface area contributed by atoms with E-state index in [4.69, 9.17) is 10.1 Å². The maximum absolute atomic E-state index is 13.9. The average molecular weight is 575 g/mol. The Morgan fingerprint density at radius 3 is 2.52 bits per heavy atom. The third-order valence-corrected chi connectivity index (χ3v) is 7.44. The summed E-state index contributed by atoms with van der Waals surface area (Å²) < 4.78 is 3.55. The highest BCUT2D eigenvalue weighted by atomic mass is 16.2. The van der Waals surface area contributed by atoms with Gasteiger partial charge in [-0.3, -0.25) is 19.1 Å². The third kappa shape index (κ3) is 7.13. The molecule has 3 amide bonds. The number of hydrogen-bond acceptors (Lipinski definition) is 6. The summed E-state index contributed by atoms with van der Waals surface area (Å²) in [5.41, 5.74) is 2.84. The molecule has 0 bridgehead atoms. The van der Waals surface area contributed by atoms with Crippen LogP contribution in [0.2, 0.25) is 0 Å². The Hall–Kier alpha value is -4.28. The number of aryl methyl sites for hydroxylation is 1. The summed E-state index contributed by atoms with van der Waals surface area (Å²) in [5, 5.41) is 15.3. The van der Waals surface area contributed by atoms with Gasteiger partial charge in [0.15, 0.2) is 5.82 Å². The molecule has 0 saturated heterocycles. The maximum atomic E-state index is 13.9. The molecule has 11 nitrogen and oxygen atoms in total. The number of allylic oxidation sites excluding steroid dienone is 1. The number of benzene rings is 1. The van der Waals surface area contributed by atoms with Crippen LogP contribution >= 0.6 is 0 Å². The Morgan fingerprint density at radius 2 is 1.83 bits per heavy atom. The van der Waals surface area contributed by atoms with Crippen molar-refractivity contribution in [2.45, 2.75) is 79.1 Å². The van der Waals surface area contributed by atoms with Crippen LogP contribution < -0.4 is 10.6 Å². The summed E-state index contributed by atoms with van der Waals surface area (Å²) in [6, 6.07) is 8.49. The Kier molecular flexibility index (Phi) is 9.92. The lowest BCUT2D eigenvalue weighted by molar-refractivity contribution is -0.129. The van der Waals surface area contributed by atoms with Crippen molar-refractivity contribution in [1.82, 2.24) is 40.1 Å². The topological polar surface area (TPSA) is 127 Å². The number of nitrogens with zero attached hydrogens (tertiary/aromatic N) is 6. The van der Waals surface area contributed by atoms with Crippen molar-refractivity contribution in [3.8, 4) is 11.4 Å². The Balaban J connectivity index is 1.71. The van der Waals surface area contributed by atoms with Gasteiger partial charge in [-0.25, -0.2) is 9.67 Å². The van der Waals surface area contributed by atoms with Crippen LogP contribution in [0.1, 0.15) is 73.6 Å². The Morgan fingerprint density at radius 1 is 1.10 bits per heavy atom. The summed E-state index contributed by atoms with van der Waals surface area (Å²) in [6.45, 7) is 15.0. The van der Waals surface area contributed by atoms with Crippen molar-refractivity contribution in [3.63, 3.8) is 0 Å². The van der Waals surface area contributed by atoms with E-state index in [2.05, 4.69) is 22.3 Å². The largest absolute Gasteiger partial charge is 0.345 e. The lowest BCUT2D eigenvalue weighted by Crippen LogP contribution is -2.48. The fraction of sp³-hybridized carbons (Fsp3) is 0.484. The first kappa shape index (κ1) is 30.7. The van der Waals surface area contributed by atoms with Crippen LogP contribution in [0, 0.1) is 19.8 Å². The normalized spacial score (nSPS) is 18.7. The number of carbonyl (C=O) groups is 3. The zero-order valence-electron chi connectivity index (χ0n) is 25.3. The summed E-state index contributed by atoms with van der Waals surface area (Å²) >= 11 is 0. The molecule has 2 atom stereocenters. The number of carbonyl (C=O) groups excluding carboxylic acids is 3. The maximum Gasteiger partial charge on any atom is 0.257 e. The first-order chi connectivity index (χ1) is 20.1. The monoisotopic (exact) mass is 574 g/mol. The number of amides is 3. The van der Waals surface area contributed by atoms with Crippen LogP contribution in [0.25, 0.3) is 11.4 Å². The van der Waals surface area contributed by atoms with Gasteiger partial charge in [-0.15, -0.1) is 6.58 Å². The van der Waals surface area contributed by atoms with E-state index < -0.39 is 12.1 Å². The van der Waals surface area contributed by atoms with Crippen molar-refractivity contribution < 1.29 is 14.4 Å². The standard InChI is InChI=1S/C31H42N8O3/c1-7-15-38-23(6)27(21(4)35-38)31(42)37-16-11-14-26(40)33-25(19-20(2)3)30(41)32-22(5)29-34-28(36-39(29)18-17-37)24-12-9-8-10-13-24/h7-10,12-13,20,22,25H,1,11,14-19H2,2-6H3,(H,32,41)(H,33,40)/t22-,25-/m1/s1. The van der Waals surface area contributed by atoms with Crippen LogP contribution in [-0.2, 0) is 22.7 Å². The first-order valence-electron chi connectivity index (χ1n) is 14.6. The van der Waals surface area contributed by atoms with E-state index in [1.807, 2.05) is 65.0 Å². The highest BCUT2D eigenvalue weighted by molar-refractivity contribution is 5.96. The van der Waals surface area contributed by atoms with E-state index in [1.165, 1.54) is 0 Å². The minimum absolute atomic E-state index is 0.142. The molecule has 2 N–H and O–H groups in total. The molecule has 0 aliphatic carbocycles. The molecule has 2 aromatic heterocycles. The minimum Gasteiger partial charge on any atom is -0.345 e. The first-order valence-corrected chi connectivity index (χ1v) is 14.6. The molecular weight excluding hydrogens is 532 g/mol. The molecule has 0 fully saturated rings. The zero-order valence-corrected chi connectivity index (χ0v) is 25.3. The van der Waals surface area contributed by atoms with Crippen LogP contribution in [0.5, 0.6) is 0 Å². The van der Waals surface area contributed by atoms with Crippen LogP contribution in [0.15, 0.2) is 43.0 Å². The quantitative estimate of drug-likeness (QED) is 0.433. The van der Waals surface area contributed by atoms with Gasteiger partial charge >= 0.3 is 0 Å². The Bertz CT molecular complexity index is 1430. The zero-order chi connectivity index (χ0) is 30.4. The van der Waals surface area contributed by atoms with E-state index in [1.54, 1.807) is 20.3 Å². The lowest BCUT2D eigenvalue weighted by Gasteiger charge is -2.26. The van der Waals surface area contributed by atoms with E-state index in [9.17, 15) is 14.4 Å². The predicted molar refractivity (Wildman–Crippen MR) is 160 cm³/mol. The number of nitrogens with one attached hydrogen (secondary N) is 2. The van der Waals surface area contributed by atoms with E-state index in [0.717, 1.165) is 11.3 Å². The second kappa shape index (κ2) is 13.6. The van der Waals surface area contributed by atoms with Crippen molar-refractivity contribution >= 4 is 17.7 Å². The fourth-order valence-electron chi connectivity index (χ4n) is 5.32. The van der Waals surface area contributed by atoms with Crippen LogP contribution in [0.4, 0.5) is 0 Å². The molecular formula is C31H42N8O3. The second-order valence-corrected chi connectivity index (χ2v) is 11.3. The van der Waals surface area contributed by atoms with Gasteiger partial charge in [-0.05, 0) is 39.5 Å². The molecule has 0 unspecified atom stereocenters. The van der Waals surface area contributed by atoms with Gasteiger partial charge < -0.3 is 15.5 Å². The van der Waals surface area contributed by atoms with Crippen molar-refractivity contribution in [2.75, 3.05) is 13.1 Å². The SMILES string of the molecule is C=CCn1nc(C)c(C(=O)N2CCCC(=O)N[C@H](CC(C)C)C(=O)N[C@H](C)c3nc(-c4ccccc4)nn3CC2)c1C. The van der Waals surface area contributed by atoms with Crippen molar-refractivity contribution in [3.05, 3.63) is 65.8 Å². The van der Waals surface area contributed by atoms with Crippen molar-refractivity contribution in [1.29, 1.82) is 0 Å². The average Bonchev–Trinajstić information content (AvgIpc) is 3.50. The van der Waals surface area contributed by atoms with E-state index in [-0.39, 0.29) is 30.1 Å². The summed E-state index contributed by atoms with van der Waals surface area (Å²) in [7, 11) is 0. The molecule has 1 aliphatic heterocycles. The molecule has 3 heterocycles. The second-order valence-electron chi connectivity index (χ2n) is 11.3. The molecule has 3 aromatic rings. The molecule has 0 spiro atoms. The summed E-state index contributed by atoms with van der Waals surface area (Å²) in [6.07, 6.45) is 2.89. The van der Waals surface area contributed by atoms with Gasteiger partial charge in [0, 0.05) is 30.8 Å². The molecule has 0 radical (unpaired) electrons. The number of rotatable bonds is 6. The summed E-state index contributed by atoms with van der Waals surface area (Å²) in [4.78, 5) is 46.8.